The molecule has 12 heteroatoms. The van der Waals surface area contributed by atoms with E-state index in [-0.39, 0.29) is 29.6 Å². The van der Waals surface area contributed by atoms with Gasteiger partial charge in [-0.15, -0.1) is 0 Å². The number of rotatable bonds is 9. The maximum Gasteiger partial charge on any atom is 0.268 e. The monoisotopic (exact) mass is 566 g/mol. The number of aromatic nitrogens is 2. The highest BCUT2D eigenvalue weighted by Crippen LogP contribution is 2.27. The number of pyridine rings is 2. The Labute approximate surface area is 229 Å². The number of carbonyl (C=O) groups is 2. The molecule has 4 aromatic rings. The molecule has 0 spiro atoms. The predicted molar refractivity (Wildman–Crippen MR) is 150 cm³/mol. The van der Waals surface area contributed by atoms with E-state index in [4.69, 9.17) is 4.89 Å². The Kier molecular flexibility index (Phi) is 8.77. The number of benzene rings is 2. The molecule has 1 unspecified atom stereocenters. The molecule has 208 valence electrons. The first-order chi connectivity index (χ1) is 19.1. The number of carbonyl (C=O) groups excluding carboxylic acids is 2. The Morgan fingerprint density at radius 1 is 1.12 bits per heavy atom. The molecular weight excluding hydrogens is 538 g/mol. The molecule has 40 heavy (non-hydrogen) atoms. The SMILES string of the molecule is Cc1ccccc1N(C)C(=O)Cn1c(=O)c(C(=O)NCC[PH](=O)O)c(O)c2ncc(Cc3ccc(F)cc3)cc21. The largest absolute Gasteiger partial charge is 0.505 e. The van der Waals surface area contributed by atoms with Crippen LogP contribution in [-0.2, 0) is 22.3 Å². The summed E-state index contributed by atoms with van der Waals surface area (Å²) in [5.74, 6) is -2.47. The molecular formula is C28H28FN4O6P. The van der Waals surface area contributed by atoms with Crippen LogP contribution in [0, 0.1) is 12.7 Å². The van der Waals surface area contributed by atoms with Gasteiger partial charge in [0.1, 0.15) is 23.4 Å². The second kappa shape index (κ2) is 12.2. The van der Waals surface area contributed by atoms with Crippen molar-refractivity contribution >= 4 is 36.6 Å². The molecule has 2 amide bonds. The lowest BCUT2D eigenvalue weighted by Crippen LogP contribution is -2.38. The van der Waals surface area contributed by atoms with Crippen LogP contribution in [0.15, 0.2) is 65.6 Å². The first-order valence-electron chi connectivity index (χ1n) is 12.4. The van der Waals surface area contributed by atoms with E-state index in [1.165, 1.54) is 23.2 Å². The standard InChI is InChI=1S/C28H28FN4O6P/c1-17-5-3-4-6-21(17)32(2)23(34)16-33-22-14-19(13-18-7-9-20(29)10-8-18)15-31-25(22)26(35)24(28(33)37)27(36)30-11-12-40(38)39/h3-10,14-15,35,40H,11-13,16H2,1-2H3,(H,30,36)(H,38,39). The van der Waals surface area contributed by atoms with Crippen LogP contribution in [0.5, 0.6) is 5.75 Å². The van der Waals surface area contributed by atoms with E-state index in [0.29, 0.717) is 17.7 Å². The lowest BCUT2D eigenvalue weighted by Gasteiger charge is -2.21. The third-order valence-electron chi connectivity index (χ3n) is 6.45. The minimum absolute atomic E-state index is 0.0744. The molecule has 0 bridgehead atoms. The number of aryl methyl sites for hydroxylation is 1. The highest BCUT2D eigenvalue weighted by molar-refractivity contribution is 7.38. The van der Waals surface area contributed by atoms with Crippen LogP contribution in [0.4, 0.5) is 10.1 Å². The second-order valence-electron chi connectivity index (χ2n) is 9.27. The molecule has 2 aromatic carbocycles. The van der Waals surface area contributed by atoms with Gasteiger partial charge in [-0.25, -0.2) is 4.39 Å². The lowest BCUT2D eigenvalue weighted by molar-refractivity contribution is -0.118. The highest BCUT2D eigenvalue weighted by Gasteiger charge is 2.25. The van der Waals surface area contributed by atoms with Gasteiger partial charge in [-0.1, -0.05) is 30.3 Å². The molecule has 0 aliphatic heterocycles. The molecule has 0 aliphatic carbocycles. The Bertz CT molecular complexity index is 1670. The number of nitrogens with one attached hydrogen (secondary N) is 1. The van der Waals surface area contributed by atoms with Gasteiger partial charge in [-0.05, 0) is 54.3 Å². The van der Waals surface area contributed by atoms with E-state index in [0.717, 1.165) is 15.7 Å². The van der Waals surface area contributed by atoms with Gasteiger partial charge in [-0.3, -0.25) is 28.5 Å². The summed E-state index contributed by atoms with van der Waals surface area (Å²) in [5, 5.41) is 13.3. The lowest BCUT2D eigenvalue weighted by atomic mass is 10.1. The van der Waals surface area contributed by atoms with E-state index >= 15 is 0 Å². The summed E-state index contributed by atoms with van der Waals surface area (Å²) in [7, 11) is -1.28. The molecule has 0 saturated carbocycles. The molecule has 10 nitrogen and oxygen atoms in total. The molecule has 4 rings (SSSR count). The molecule has 3 N–H and O–H groups in total. The minimum Gasteiger partial charge on any atom is -0.505 e. The van der Waals surface area contributed by atoms with Gasteiger partial charge in [-0.2, -0.15) is 0 Å². The quantitative estimate of drug-likeness (QED) is 0.265. The van der Waals surface area contributed by atoms with Crippen molar-refractivity contribution in [3.8, 4) is 5.75 Å². The second-order valence-corrected chi connectivity index (χ2v) is 10.6. The summed E-state index contributed by atoms with van der Waals surface area (Å²) in [4.78, 5) is 54.6. The van der Waals surface area contributed by atoms with Crippen LogP contribution >= 0.6 is 8.03 Å². The zero-order valence-electron chi connectivity index (χ0n) is 21.8. The number of hydrogen-bond acceptors (Lipinski definition) is 6. The van der Waals surface area contributed by atoms with Crippen molar-refractivity contribution in [3.63, 3.8) is 0 Å². The number of halogens is 1. The van der Waals surface area contributed by atoms with Crippen molar-refractivity contribution in [2.45, 2.75) is 19.9 Å². The van der Waals surface area contributed by atoms with Crippen molar-refractivity contribution in [3.05, 3.63) is 99.2 Å². The fourth-order valence-electron chi connectivity index (χ4n) is 4.33. The average Bonchev–Trinajstić information content (AvgIpc) is 2.92. The smallest absolute Gasteiger partial charge is 0.268 e. The average molecular weight is 567 g/mol. The van der Waals surface area contributed by atoms with Crippen LogP contribution in [0.3, 0.4) is 0 Å². The topological polar surface area (TPSA) is 142 Å². The van der Waals surface area contributed by atoms with E-state index in [1.54, 1.807) is 37.4 Å². The van der Waals surface area contributed by atoms with E-state index in [1.807, 2.05) is 19.1 Å². The van der Waals surface area contributed by atoms with Crippen LogP contribution < -0.4 is 15.8 Å². The fraction of sp³-hybridized carbons (Fsp3) is 0.214. The molecule has 0 radical (unpaired) electrons. The first kappa shape index (κ1) is 28.7. The Morgan fingerprint density at radius 3 is 2.50 bits per heavy atom. The van der Waals surface area contributed by atoms with E-state index in [2.05, 4.69) is 10.3 Å². The number of amides is 2. The summed E-state index contributed by atoms with van der Waals surface area (Å²) >= 11 is 0. The van der Waals surface area contributed by atoms with Crippen molar-refractivity contribution in [2.24, 2.45) is 0 Å². The van der Waals surface area contributed by atoms with E-state index < -0.39 is 43.3 Å². The molecule has 0 fully saturated rings. The fourth-order valence-corrected chi connectivity index (χ4v) is 4.67. The summed E-state index contributed by atoms with van der Waals surface area (Å²) in [6.45, 7) is 1.19. The van der Waals surface area contributed by atoms with Gasteiger partial charge in [0.25, 0.3) is 11.5 Å². The number of nitrogens with zero attached hydrogens (tertiary/aromatic N) is 3. The normalized spacial score (nSPS) is 11.8. The zero-order valence-corrected chi connectivity index (χ0v) is 22.8. The minimum atomic E-state index is -2.86. The van der Waals surface area contributed by atoms with Gasteiger partial charge < -0.3 is 20.2 Å². The Balaban J connectivity index is 1.80. The third kappa shape index (κ3) is 6.27. The maximum absolute atomic E-state index is 13.6. The first-order valence-corrected chi connectivity index (χ1v) is 13.9. The number of anilines is 1. The maximum atomic E-state index is 13.6. The molecule has 1 atom stereocenters. The van der Waals surface area contributed by atoms with Crippen molar-refractivity contribution in [1.82, 2.24) is 14.9 Å². The summed E-state index contributed by atoms with van der Waals surface area (Å²) in [5.41, 5.74) is 1.37. The van der Waals surface area contributed by atoms with Crippen LogP contribution in [-0.4, -0.2) is 51.1 Å². The Hall–Kier alpha value is -4.34. The highest BCUT2D eigenvalue weighted by atomic mass is 31.1. The van der Waals surface area contributed by atoms with Gasteiger partial charge in [0, 0.05) is 31.6 Å². The zero-order chi connectivity index (χ0) is 29.0. The van der Waals surface area contributed by atoms with Crippen LogP contribution in [0.2, 0.25) is 0 Å². The number of aromatic hydroxyl groups is 1. The number of fused-ring (bicyclic) bond motifs is 1. The predicted octanol–water partition coefficient (Wildman–Crippen LogP) is 3.00. The van der Waals surface area contributed by atoms with Gasteiger partial charge >= 0.3 is 0 Å². The van der Waals surface area contributed by atoms with Gasteiger partial charge in [0.15, 0.2) is 13.8 Å². The van der Waals surface area contributed by atoms with Crippen LogP contribution in [0.25, 0.3) is 11.0 Å². The number of likely N-dealkylation sites (N-methyl/N-ethyl adjacent to an activating group) is 1. The molecule has 2 aromatic heterocycles. The Morgan fingerprint density at radius 2 is 1.82 bits per heavy atom. The van der Waals surface area contributed by atoms with Gasteiger partial charge in [0.2, 0.25) is 5.91 Å². The molecule has 0 aliphatic rings. The third-order valence-corrected chi connectivity index (χ3v) is 7.13. The van der Waals surface area contributed by atoms with Crippen molar-refractivity contribution in [1.29, 1.82) is 0 Å². The van der Waals surface area contributed by atoms with Gasteiger partial charge in [0.05, 0.1) is 5.52 Å². The van der Waals surface area contributed by atoms with Crippen LogP contribution in [0.1, 0.15) is 27.0 Å². The van der Waals surface area contributed by atoms with Crippen molar-refractivity contribution in [2.75, 3.05) is 24.7 Å². The van der Waals surface area contributed by atoms with E-state index in [9.17, 15) is 28.4 Å². The summed E-state index contributed by atoms with van der Waals surface area (Å²) < 4.78 is 25.5. The molecule has 0 saturated heterocycles. The number of para-hydroxylation sites is 1. The van der Waals surface area contributed by atoms with Crippen molar-refractivity contribution < 1.29 is 28.5 Å². The number of hydrogen-bond donors (Lipinski definition) is 3. The summed E-state index contributed by atoms with van der Waals surface area (Å²) in [6, 6.07) is 14.7. The molecule has 2 heterocycles. The summed E-state index contributed by atoms with van der Waals surface area (Å²) in [6.07, 6.45) is 1.59.